The lowest BCUT2D eigenvalue weighted by atomic mass is 10.1. The zero-order valence-corrected chi connectivity index (χ0v) is 18.1. The van der Waals surface area contributed by atoms with Crippen LogP contribution in [-0.2, 0) is 16.4 Å². The third-order valence-electron chi connectivity index (χ3n) is 4.03. The number of guanidine groups is 1. The largest absolute Gasteiger partial charge is 0.489 e. The lowest BCUT2D eigenvalue weighted by molar-refractivity contribution is 0.224. The fourth-order valence-corrected chi connectivity index (χ4v) is 3.76. The van der Waals surface area contributed by atoms with Crippen molar-refractivity contribution in [2.45, 2.75) is 31.4 Å². The second-order valence-electron chi connectivity index (χ2n) is 6.56. The van der Waals surface area contributed by atoms with E-state index in [9.17, 15) is 8.42 Å². The molecule has 28 heavy (non-hydrogen) atoms. The topological polar surface area (TPSA) is 79.8 Å². The van der Waals surface area contributed by atoms with Crippen molar-refractivity contribution in [2.24, 2.45) is 4.99 Å². The van der Waals surface area contributed by atoms with Crippen molar-refractivity contribution in [1.29, 1.82) is 0 Å². The first-order chi connectivity index (χ1) is 13.2. The van der Waals surface area contributed by atoms with E-state index in [0.717, 1.165) is 16.9 Å². The van der Waals surface area contributed by atoms with Crippen LogP contribution in [0.2, 0.25) is 5.02 Å². The summed E-state index contributed by atoms with van der Waals surface area (Å²) >= 11 is 5.87. The van der Waals surface area contributed by atoms with E-state index in [1.807, 2.05) is 25.1 Å². The highest BCUT2D eigenvalue weighted by molar-refractivity contribution is 7.90. The molecule has 1 unspecified atom stereocenters. The average molecular weight is 424 g/mol. The summed E-state index contributed by atoms with van der Waals surface area (Å²) in [5.41, 5.74) is 1.70. The molecule has 8 heteroatoms. The summed E-state index contributed by atoms with van der Waals surface area (Å²) in [5.74, 6) is 1.39. The first-order valence-electron chi connectivity index (χ1n) is 8.85. The Balaban J connectivity index is 1.86. The lowest BCUT2D eigenvalue weighted by Crippen LogP contribution is -2.41. The molecule has 0 fully saturated rings. The number of hydrogen-bond acceptors (Lipinski definition) is 4. The number of aryl methyl sites for hydroxylation is 1. The van der Waals surface area contributed by atoms with E-state index >= 15 is 0 Å². The number of ether oxygens (including phenoxy) is 1. The fraction of sp³-hybridized carbons (Fsp3) is 0.350. The average Bonchev–Trinajstić information content (AvgIpc) is 2.63. The zero-order chi connectivity index (χ0) is 20.7. The molecule has 2 aromatic carbocycles. The molecular formula is C20H26ClN3O3S. The first kappa shape index (κ1) is 22.0. The van der Waals surface area contributed by atoms with Crippen LogP contribution in [0, 0.1) is 6.92 Å². The monoisotopic (exact) mass is 423 g/mol. The molecule has 0 spiro atoms. The van der Waals surface area contributed by atoms with E-state index < -0.39 is 9.84 Å². The Morgan fingerprint density at radius 2 is 1.86 bits per heavy atom. The van der Waals surface area contributed by atoms with E-state index in [2.05, 4.69) is 15.6 Å². The van der Waals surface area contributed by atoms with Gasteiger partial charge in [0.05, 0.1) is 11.4 Å². The Hall–Kier alpha value is -2.25. The highest BCUT2D eigenvalue weighted by Gasteiger charge is 2.11. The van der Waals surface area contributed by atoms with Gasteiger partial charge in [-0.05, 0) is 55.3 Å². The minimum Gasteiger partial charge on any atom is -0.489 e. The molecule has 0 bridgehead atoms. The Morgan fingerprint density at radius 3 is 2.43 bits per heavy atom. The van der Waals surface area contributed by atoms with Crippen LogP contribution in [-0.4, -0.2) is 40.3 Å². The number of aliphatic imine (C=N–C) groups is 1. The zero-order valence-electron chi connectivity index (χ0n) is 16.5. The van der Waals surface area contributed by atoms with Crippen molar-refractivity contribution < 1.29 is 13.2 Å². The van der Waals surface area contributed by atoms with E-state index in [-0.39, 0.29) is 6.10 Å². The van der Waals surface area contributed by atoms with Crippen molar-refractivity contribution in [2.75, 3.05) is 19.8 Å². The molecule has 0 aliphatic rings. The van der Waals surface area contributed by atoms with Crippen LogP contribution < -0.4 is 15.4 Å². The van der Waals surface area contributed by atoms with Gasteiger partial charge in [-0.3, -0.25) is 4.99 Å². The Morgan fingerprint density at radius 1 is 1.18 bits per heavy atom. The molecule has 152 valence electrons. The van der Waals surface area contributed by atoms with Crippen LogP contribution in [0.25, 0.3) is 0 Å². The second-order valence-corrected chi connectivity index (χ2v) is 8.98. The molecule has 0 saturated carbocycles. The van der Waals surface area contributed by atoms with Crippen LogP contribution >= 0.6 is 11.6 Å². The van der Waals surface area contributed by atoms with E-state index in [4.69, 9.17) is 16.3 Å². The maximum atomic E-state index is 11.7. The van der Waals surface area contributed by atoms with Crippen molar-refractivity contribution in [1.82, 2.24) is 10.6 Å². The highest BCUT2D eigenvalue weighted by atomic mass is 35.5. The van der Waals surface area contributed by atoms with Gasteiger partial charge >= 0.3 is 0 Å². The molecule has 0 aromatic heterocycles. The molecule has 2 aromatic rings. The van der Waals surface area contributed by atoms with Crippen LogP contribution in [0.3, 0.4) is 0 Å². The molecule has 0 heterocycles. The van der Waals surface area contributed by atoms with Crippen LogP contribution in [0.15, 0.2) is 52.4 Å². The molecule has 0 radical (unpaired) electrons. The molecule has 2 rings (SSSR count). The number of benzene rings is 2. The summed E-state index contributed by atoms with van der Waals surface area (Å²) in [5, 5.41) is 7.10. The van der Waals surface area contributed by atoms with Crippen LogP contribution in [0.5, 0.6) is 5.75 Å². The summed E-state index contributed by atoms with van der Waals surface area (Å²) in [6.07, 6.45) is 1.14. The predicted molar refractivity (Wildman–Crippen MR) is 114 cm³/mol. The van der Waals surface area contributed by atoms with Crippen molar-refractivity contribution >= 4 is 27.4 Å². The van der Waals surface area contributed by atoms with Gasteiger partial charge in [0.2, 0.25) is 0 Å². The first-order valence-corrected chi connectivity index (χ1v) is 11.1. The number of nitrogens with zero attached hydrogens (tertiary/aromatic N) is 1. The van der Waals surface area contributed by atoms with Gasteiger partial charge in [-0.15, -0.1) is 0 Å². The van der Waals surface area contributed by atoms with Crippen molar-refractivity contribution in [3.63, 3.8) is 0 Å². The highest BCUT2D eigenvalue weighted by Crippen LogP contribution is 2.17. The predicted octanol–water partition coefficient (Wildman–Crippen LogP) is 3.18. The smallest absolute Gasteiger partial charge is 0.191 e. The van der Waals surface area contributed by atoms with Gasteiger partial charge in [0.25, 0.3) is 0 Å². The number of halogens is 1. The van der Waals surface area contributed by atoms with Gasteiger partial charge < -0.3 is 15.4 Å². The summed E-state index contributed by atoms with van der Waals surface area (Å²) in [7, 11) is -1.52. The minimum atomic E-state index is -3.21. The second kappa shape index (κ2) is 9.80. The molecule has 1 atom stereocenters. The van der Waals surface area contributed by atoms with Gasteiger partial charge in [0.1, 0.15) is 11.9 Å². The third kappa shape index (κ3) is 6.73. The molecular weight excluding hydrogens is 398 g/mol. The normalized spacial score (nSPS) is 13.1. The summed E-state index contributed by atoms with van der Waals surface area (Å²) in [6.45, 7) is 4.84. The number of rotatable bonds is 7. The van der Waals surface area contributed by atoms with Gasteiger partial charge in [-0.2, -0.15) is 0 Å². The molecule has 0 amide bonds. The molecule has 6 nitrogen and oxygen atoms in total. The molecule has 0 aliphatic heterocycles. The quantitative estimate of drug-likeness (QED) is 0.528. The number of nitrogens with one attached hydrogen (secondary N) is 2. The summed E-state index contributed by atoms with van der Waals surface area (Å²) in [4.78, 5) is 4.55. The van der Waals surface area contributed by atoms with E-state index in [0.29, 0.717) is 29.0 Å². The summed E-state index contributed by atoms with van der Waals surface area (Å²) in [6, 6.07) is 12.5. The SMILES string of the molecule is CN=C(NCc1ccc(S(C)(=O)=O)c(C)c1)NCC(C)Oc1ccc(Cl)cc1. The Labute approximate surface area is 171 Å². The van der Waals surface area contributed by atoms with E-state index in [1.165, 1.54) is 6.26 Å². The van der Waals surface area contributed by atoms with E-state index in [1.54, 1.807) is 38.2 Å². The van der Waals surface area contributed by atoms with Gasteiger partial charge in [0.15, 0.2) is 15.8 Å². The standard InChI is InChI=1S/C20H26ClN3O3S/c1-14-11-16(5-10-19(14)28(4,25)26)13-24-20(22-3)23-12-15(2)27-18-8-6-17(21)7-9-18/h5-11,15H,12-13H2,1-4H3,(H2,22,23,24). The van der Waals surface area contributed by atoms with Crippen molar-refractivity contribution in [3.8, 4) is 5.75 Å². The number of hydrogen-bond donors (Lipinski definition) is 2. The fourth-order valence-electron chi connectivity index (χ4n) is 2.67. The Kier molecular flexibility index (Phi) is 7.71. The molecule has 0 saturated heterocycles. The third-order valence-corrected chi connectivity index (χ3v) is 5.54. The summed E-state index contributed by atoms with van der Waals surface area (Å²) < 4.78 is 29.2. The lowest BCUT2D eigenvalue weighted by Gasteiger charge is -2.18. The van der Waals surface area contributed by atoms with Crippen LogP contribution in [0.1, 0.15) is 18.1 Å². The van der Waals surface area contributed by atoms with Gasteiger partial charge in [0, 0.05) is 24.9 Å². The maximum absolute atomic E-state index is 11.7. The Bertz CT molecular complexity index is 928. The van der Waals surface area contributed by atoms with Gasteiger partial charge in [-0.1, -0.05) is 23.7 Å². The molecule has 2 N–H and O–H groups in total. The van der Waals surface area contributed by atoms with Crippen molar-refractivity contribution in [3.05, 3.63) is 58.6 Å². The molecule has 0 aliphatic carbocycles. The number of sulfone groups is 1. The maximum Gasteiger partial charge on any atom is 0.191 e. The minimum absolute atomic E-state index is 0.0731. The van der Waals surface area contributed by atoms with Crippen LogP contribution in [0.4, 0.5) is 0 Å². The van der Waals surface area contributed by atoms with Gasteiger partial charge in [-0.25, -0.2) is 8.42 Å².